The van der Waals surface area contributed by atoms with Crippen LogP contribution in [0.1, 0.15) is 23.2 Å². The van der Waals surface area contributed by atoms with Gasteiger partial charge in [-0.2, -0.15) is 0 Å². The van der Waals surface area contributed by atoms with Crippen LogP contribution in [0.4, 0.5) is 0 Å². The van der Waals surface area contributed by atoms with E-state index in [9.17, 15) is 4.79 Å². The lowest BCUT2D eigenvalue weighted by atomic mass is 10.2. The third-order valence-electron chi connectivity index (χ3n) is 2.25. The molecule has 1 amide bonds. The van der Waals surface area contributed by atoms with E-state index in [0.29, 0.717) is 18.7 Å². The third-order valence-corrected chi connectivity index (χ3v) is 2.25. The molecule has 1 fully saturated rings. The molecule has 14 heavy (non-hydrogen) atoms. The van der Waals surface area contributed by atoms with Crippen molar-refractivity contribution in [3.8, 4) is 0 Å². The van der Waals surface area contributed by atoms with Crippen molar-refractivity contribution in [1.82, 2.24) is 5.06 Å². The number of carbonyl (C=O) groups is 1. The van der Waals surface area contributed by atoms with Crippen LogP contribution in [-0.2, 0) is 4.84 Å². The Morgan fingerprint density at radius 1 is 1.21 bits per heavy atom. The topological polar surface area (TPSA) is 29.5 Å². The molecule has 0 aliphatic carbocycles. The first-order valence-electron chi connectivity index (χ1n) is 4.88. The van der Waals surface area contributed by atoms with Crippen LogP contribution in [-0.4, -0.2) is 24.1 Å². The molecule has 0 spiro atoms. The van der Waals surface area contributed by atoms with E-state index in [4.69, 9.17) is 4.84 Å². The van der Waals surface area contributed by atoms with Gasteiger partial charge >= 0.3 is 0 Å². The highest BCUT2D eigenvalue weighted by Gasteiger charge is 2.18. The average Bonchev–Trinajstić information content (AvgIpc) is 2.30. The summed E-state index contributed by atoms with van der Waals surface area (Å²) in [5.41, 5.74) is 0.689. The van der Waals surface area contributed by atoms with Gasteiger partial charge in [0.1, 0.15) is 0 Å². The highest BCUT2D eigenvalue weighted by Crippen LogP contribution is 2.10. The molecule has 74 valence electrons. The van der Waals surface area contributed by atoms with Gasteiger partial charge in [-0.3, -0.25) is 9.63 Å². The zero-order valence-corrected chi connectivity index (χ0v) is 7.98. The lowest BCUT2D eigenvalue weighted by Gasteiger charge is -2.25. The molecular formula is C11H13NO2. The Labute approximate surface area is 83.2 Å². The maximum atomic E-state index is 11.8. The second-order valence-electron chi connectivity index (χ2n) is 3.31. The van der Waals surface area contributed by atoms with Crippen LogP contribution in [0.5, 0.6) is 0 Å². The second kappa shape index (κ2) is 4.24. The summed E-state index contributed by atoms with van der Waals surface area (Å²) in [7, 11) is 0. The Morgan fingerprint density at radius 3 is 2.64 bits per heavy atom. The van der Waals surface area contributed by atoms with Crippen molar-refractivity contribution in [2.45, 2.75) is 12.8 Å². The van der Waals surface area contributed by atoms with Crippen molar-refractivity contribution in [1.29, 1.82) is 0 Å². The van der Waals surface area contributed by atoms with Crippen LogP contribution in [0.3, 0.4) is 0 Å². The zero-order chi connectivity index (χ0) is 9.80. The Kier molecular flexibility index (Phi) is 2.79. The van der Waals surface area contributed by atoms with Crippen molar-refractivity contribution >= 4 is 5.91 Å². The van der Waals surface area contributed by atoms with Gasteiger partial charge in [-0.15, -0.1) is 0 Å². The number of rotatable bonds is 1. The molecule has 1 aromatic carbocycles. The zero-order valence-electron chi connectivity index (χ0n) is 7.98. The van der Waals surface area contributed by atoms with Crippen molar-refractivity contribution in [2.24, 2.45) is 0 Å². The summed E-state index contributed by atoms with van der Waals surface area (Å²) < 4.78 is 0. The maximum absolute atomic E-state index is 11.8. The first-order valence-corrected chi connectivity index (χ1v) is 4.88. The minimum Gasteiger partial charge on any atom is -0.271 e. The summed E-state index contributed by atoms with van der Waals surface area (Å²) in [5.74, 6) is -0.0368. The van der Waals surface area contributed by atoms with Crippen molar-refractivity contribution in [2.75, 3.05) is 13.2 Å². The van der Waals surface area contributed by atoms with Gasteiger partial charge < -0.3 is 0 Å². The van der Waals surface area contributed by atoms with Gasteiger partial charge in [0.05, 0.1) is 6.61 Å². The van der Waals surface area contributed by atoms with Gasteiger partial charge in [-0.1, -0.05) is 18.2 Å². The molecule has 0 unspecified atom stereocenters. The lowest BCUT2D eigenvalue weighted by Crippen LogP contribution is -2.35. The number of nitrogens with zero attached hydrogens (tertiary/aromatic N) is 1. The lowest BCUT2D eigenvalue weighted by molar-refractivity contribution is -0.144. The minimum absolute atomic E-state index is 0.0368. The highest BCUT2D eigenvalue weighted by atomic mass is 16.7. The minimum atomic E-state index is -0.0368. The molecule has 1 aliphatic heterocycles. The number of hydrogen-bond donors (Lipinski definition) is 0. The van der Waals surface area contributed by atoms with E-state index >= 15 is 0 Å². The van der Waals surface area contributed by atoms with E-state index in [1.54, 1.807) is 12.1 Å². The van der Waals surface area contributed by atoms with E-state index in [1.165, 1.54) is 5.06 Å². The van der Waals surface area contributed by atoms with Crippen LogP contribution < -0.4 is 0 Å². The predicted molar refractivity (Wildman–Crippen MR) is 52.7 cm³/mol. The van der Waals surface area contributed by atoms with Crippen LogP contribution in [0.15, 0.2) is 30.3 Å². The summed E-state index contributed by atoms with van der Waals surface area (Å²) in [6.07, 6.45) is 2.07. The van der Waals surface area contributed by atoms with E-state index in [1.807, 2.05) is 18.2 Å². The van der Waals surface area contributed by atoms with Gasteiger partial charge in [-0.25, -0.2) is 5.06 Å². The van der Waals surface area contributed by atoms with Crippen molar-refractivity contribution in [3.05, 3.63) is 35.9 Å². The Balaban J connectivity index is 2.07. The fraction of sp³-hybridized carbons (Fsp3) is 0.364. The molecule has 0 aromatic heterocycles. The summed E-state index contributed by atoms with van der Waals surface area (Å²) in [4.78, 5) is 17.1. The number of hydroxylamine groups is 2. The van der Waals surface area contributed by atoms with E-state index < -0.39 is 0 Å². The molecule has 1 heterocycles. The van der Waals surface area contributed by atoms with Gasteiger partial charge in [0.25, 0.3) is 5.91 Å². The number of hydrogen-bond acceptors (Lipinski definition) is 2. The maximum Gasteiger partial charge on any atom is 0.277 e. The summed E-state index contributed by atoms with van der Waals surface area (Å²) in [5, 5.41) is 1.46. The van der Waals surface area contributed by atoms with Crippen LogP contribution in [0.2, 0.25) is 0 Å². The van der Waals surface area contributed by atoms with E-state index in [0.717, 1.165) is 12.8 Å². The summed E-state index contributed by atoms with van der Waals surface area (Å²) in [6.45, 7) is 1.35. The summed E-state index contributed by atoms with van der Waals surface area (Å²) >= 11 is 0. The SMILES string of the molecule is O=C(c1ccccc1)N1CCCCO1. The largest absolute Gasteiger partial charge is 0.277 e. The molecule has 2 rings (SSSR count). The smallest absolute Gasteiger partial charge is 0.271 e. The van der Waals surface area contributed by atoms with Gasteiger partial charge in [0, 0.05) is 12.1 Å². The monoisotopic (exact) mass is 191 g/mol. The molecule has 3 heteroatoms. The summed E-state index contributed by atoms with van der Waals surface area (Å²) in [6, 6.07) is 9.22. The third kappa shape index (κ3) is 1.93. The Morgan fingerprint density at radius 2 is 2.00 bits per heavy atom. The first kappa shape index (κ1) is 9.21. The van der Waals surface area contributed by atoms with Crippen LogP contribution in [0, 0.1) is 0 Å². The molecule has 0 bridgehead atoms. The molecule has 1 aromatic rings. The van der Waals surface area contributed by atoms with Crippen molar-refractivity contribution in [3.63, 3.8) is 0 Å². The average molecular weight is 191 g/mol. The fourth-order valence-corrected chi connectivity index (χ4v) is 1.48. The second-order valence-corrected chi connectivity index (χ2v) is 3.31. The van der Waals surface area contributed by atoms with Crippen LogP contribution >= 0.6 is 0 Å². The highest BCUT2D eigenvalue weighted by molar-refractivity contribution is 5.93. The number of carbonyl (C=O) groups excluding carboxylic acids is 1. The molecule has 0 atom stereocenters. The molecule has 0 saturated carbocycles. The molecule has 3 nitrogen and oxygen atoms in total. The fourth-order valence-electron chi connectivity index (χ4n) is 1.48. The molecule has 0 radical (unpaired) electrons. The molecule has 1 saturated heterocycles. The van der Waals surface area contributed by atoms with Crippen LogP contribution in [0.25, 0.3) is 0 Å². The molecule has 0 N–H and O–H groups in total. The number of benzene rings is 1. The molecular weight excluding hydrogens is 178 g/mol. The van der Waals surface area contributed by atoms with Gasteiger partial charge in [0.2, 0.25) is 0 Å². The molecule has 1 aliphatic rings. The normalized spacial score (nSPS) is 16.7. The standard InChI is InChI=1S/C11H13NO2/c13-11(10-6-2-1-3-7-10)12-8-4-5-9-14-12/h1-3,6-7H,4-5,8-9H2. The quantitative estimate of drug-likeness (QED) is 0.678. The predicted octanol–water partition coefficient (Wildman–Crippen LogP) is 1.85. The van der Waals surface area contributed by atoms with Gasteiger partial charge in [0.15, 0.2) is 0 Å². The van der Waals surface area contributed by atoms with E-state index in [-0.39, 0.29) is 5.91 Å². The first-order chi connectivity index (χ1) is 6.88. The van der Waals surface area contributed by atoms with E-state index in [2.05, 4.69) is 0 Å². The van der Waals surface area contributed by atoms with Gasteiger partial charge in [-0.05, 0) is 25.0 Å². The Bertz CT molecular complexity index is 304. The Hall–Kier alpha value is -1.35. The number of amides is 1. The van der Waals surface area contributed by atoms with Crippen molar-refractivity contribution < 1.29 is 9.63 Å².